The van der Waals surface area contributed by atoms with Crippen LogP contribution < -0.4 is 0 Å². The third kappa shape index (κ3) is 4.04. The molecule has 0 aliphatic rings. The van der Waals surface area contributed by atoms with Crippen LogP contribution in [-0.4, -0.2) is 17.9 Å². The first kappa shape index (κ1) is 13.5. The molecule has 0 fully saturated rings. The molecule has 0 aliphatic carbocycles. The first-order chi connectivity index (χ1) is 8.04. The summed E-state index contributed by atoms with van der Waals surface area (Å²) in [5.41, 5.74) is 0.366. The summed E-state index contributed by atoms with van der Waals surface area (Å²) in [6, 6.07) is 6.11. The molecular formula is C12H12ClFN2O. The van der Waals surface area contributed by atoms with Gasteiger partial charge in [-0.15, -0.1) is 0 Å². The largest absolute Gasteiger partial charge is 0.341 e. The van der Waals surface area contributed by atoms with Crippen molar-refractivity contribution in [1.82, 2.24) is 4.90 Å². The molecule has 0 N–H and O–H groups in total. The summed E-state index contributed by atoms with van der Waals surface area (Å²) in [7, 11) is 1.57. The zero-order valence-corrected chi connectivity index (χ0v) is 10.2. The first-order valence-corrected chi connectivity index (χ1v) is 5.47. The van der Waals surface area contributed by atoms with Gasteiger partial charge in [0.25, 0.3) is 0 Å². The lowest BCUT2D eigenvalue weighted by Crippen LogP contribution is -2.26. The van der Waals surface area contributed by atoms with Crippen molar-refractivity contribution in [1.29, 1.82) is 5.26 Å². The van der Waals surface area contributed by atoms with Crippen molar-refractivity contribution >= 4 is 17.5 Å². The Morgan fingerprint density at radius 2 is 2.29 bits per heavy atom. The number of nitriles is 1. The van der Waals surface area contributed by atoms with Crippen molar-refractivity contribution in [2.45, 2.75) is 19.4 Å². The van der Waals surface area contributed by atoms with Crippen LogP contribution in [0, 0.1) is 17.1 Å². The monoisotopic (exact) mass is 254 g/mol. The van der Waals surface area contributed by atoms with Gasteiger partial charge in [0.15, 0.2) is 0 Å². The van der Waals surface area contributed by atoms with Crippen LogP contribution in [-0.2, 0) is 11.3 Å². The van der Waals surface area contributed by atoms with Gasteiger partial charge in [-0.05, 0) is 18.2 Å². The number of benzene rings is 1. The van der Waals surface area contributed by atoms with Gasteiger partial charge < -0.3 is 4.90 Å². The number of hydrogen-bond acceptors (Lipinski definition) is 2. The van der Waals surface area contributed by atoms with Crippen LogP contribution in [0.1, 0.15) is 18.4 Å². The highest BCUT2D eigenvalue weighted by Gasteiger charge is 2.11. The van der Waals surface area contributed by atoms with Gasteiger partial charge >= 0.3 is 0 Å². The molecule has 0 saturated carbocycles. The number of amides is 1. The van der Waals surface area contributed by atoms with Gasteiger partial charge in [0, 0.05) is 37.0 Å². The highest BCUT2D eigenvalue weighted by molar-refractivity contribution is 6.30. The van der Waals surface area contributed by atoms with Crippen LogP contribution in [0.3, 0.4) is 0 Å². The van der Waals surface area contributed by atoms with Crippen LogP contribution in [0.4, 0.5) is 4.39 Å². The van der Waals surface area contributed by atoms with E-state index in [0.717, 1.165) is 0 Å². The van der Waals surface area contributed by atoms with Gasteiger partial charge in [-0.1, -0.05) is 11.6 Å². The van der Waals surface area contributed by atoms with Crippen LogP contribution in [0.2, 0.25) is 5.02 Å². The molecule has 1 aromatic carbocycles. The number of halogens is 2. The fourth-order valence-corrected chi connectivity index (χ4v) is 1.56. The fourth-order valence-electron chi connectivity index (χ4n) is 1.36. The van der Waals surface area contributed by atoms with Crippen molar-refractivity contribution in [3.05, 3.63) is 34.6 Å². The van der Waals surface area contributed by atoms with Gasteiger partial charge in [0.2, 0.25) is 5.91 Å². The van der Waals surface area contributed by atoms with Gasteiger partial charge in [0.1, 0.15) is 5.82 Å². The van der Waals surface area contributed by atoms with Gasteiger partial charge in [-0.3, -0.25) is 4.79 Å². The second-order valence-corrected chi connectivity index (χ2v) is 4.08. The van der Waals surface area contributed by atoms with E-state index >= 15 is 0 Å². The molecule has 0 aromatic heterocycles. The van der Waals surface area contributed by atoms with Gasteiger partial charge in [-0.25, -0.2) is 4.39 Å². The molecule has 1 rings (SSSR count). The summed E-state index contributed by atoms with van der Waals surface area (Å²) in [5.74, 6) is -0.583. The molecule has 0 atom stereocenters. The van der Waals surface area contributed by atoms with Crippen LogP contribution >= 0.6 is 11.6 Å². The predicted octanol–water partition coefficient (Wildman–Crippen LogP) is 2.74. The van der Waals surface area contributed by atoms with Crippen LogP contribution in [0.25, 0.3) is 0 Å². The smallest absolute Gasteiger partial charge is 0.223 e. The Bertz CT molecular complexity index is 456. The molecule has 1 amide bonds. The topological polar surface area (TPSA) is 44.1 Å². The van der Waals surface area contributed by atoms with E-state index in [-0.39, 0.29) is 25.3 Å². The Morgan fingerprint density at radius 1 is 1.59 bits per heavy atom. The first-order valence-electron chi connectivity index (χ1n) is 5.09. The number of hydrogen-bond donors (Lipinski definition) is 0. The van der Waals surface area contributed by atoms with E-state index in [2.05, 4.69) is 0 Å². The molecule has 0 saturated heterocycles. The van der Waals surface area contributed by atoms with Gasteiger partial charge in [0.05, 0.1) is 6.07 Å². The summed E-state index contributed by atoms with van der Waals surface area (Å²) in [6.45, 7) is 0.149. The van der Waals surface area contributed by atoms with E-state index in [1.54, 1.807) is 7.05 Å². The van der Waals surface area contributed by atoms with E-state index in [4.69, 9.17) is 16.9 Å². The molecule has 17 heavy (non-hydrogen) atoms. The lowest BCUT2D eigenvalue weighted by Gasteiger charge is -2.17. The number of nitrogens with zero attached hydrogens (tertiary/aromatic N) is 2. The van der Waals surface area contributed by atoms with E-state index in [1.165, 1.54) is 23.1 Å². The molecule has 0 unspecified atom stereocenters. The summed E-state index contributed by atoms with van der Waals surface area (Å²) in [4.78, 5) is 12.9. The molecule has 0 bridgehead atoms. The molecule has 3 nitrogen and oxygen atoms in total. The minimum absolute atomic E-state index is 0.148. The molecule has 5 heteroatoms. The Labute approximate surface area is 104 Å². The normalized spacial score (nSPS) is 9.76. The van der Waals surface area contributed by atoms with E-state index in [1.807, 2.05) is 6.07 Å². The predicted molar refractivity (Wildman–Crippen MR) is 62.7 cm³/mol. The van der Waals surface area contributed by atoms with Crippen molar-refractivity contribution in [3.8, 4) is 6.07 Å². The SMILES string of the molecule is CN(Cc1cc(Cl)ccc1F)C(=O)CCC#N. The Morgan fingerprint density at radius 3 is 2.94 bits per heavy atom. The highest BCUT2D eigenvalue weighted by Crippen LogP contribution is 2.16. The Kier molecular flexibility index (Phi) is 4.92. The second kappa shape index (κ2) is 6.21. The maximum atomic E-state index is 13.4. The quantitative estimate of drug-likeness (QED) is 0.829. The standard InChI is InChI=1S/C12H12ClFN2O/c1-16(12(17)3-2-6-15)8-9-7-10(13)4-5-11(9)14/h4-5,7H,2-3,8H2,1H3. The third-order valence-electron chi connectivity index (χ3n) is 2.29. The fraction of sp³-hybridized carbons (Fsp3) is 0.333. The van der Waals surface area contributed by atoms with Crippen molar-refractivity contribution in [2.24, 2.45) is 0 Å². The maximum absolute atomic E-state index is 13.4. The van der Waals surface area contributed by atoms with Crippen molar-refractivity contribution in [3.63, 3.8) is 0 Å². The number of rotatable bonds is 4. The van der Waals surface area contributed by atoms with E-state index in [0.29, 0.717) is 10.6 Å². The lowest BCUT2D eigenvalue weighted by atomic mass is 10.2. The minimum atomic E-state index is -0.394. The molecule has 0 aliphatic heterocycles. The number of carbonyl (C=O) groups excluding carboxylic acids is 1. The van der Waals surface area contributed by atoms with Crippen molar-refractivity contribution < 1.29 is 9.18 Å². The minimum Gasteiger partial charge on any atom is -0.341 e. The van der Waals surface area contributed by atoms with Crippen LogP contribution in [0.5, 0.6) is 0 Å². The Balaban J connectivity index is 2.67. The highest BCUT2D eigenvalue weighted by atomic mass is 35.5. The molecule has 1 aromatic rings. The maximum Gasteiger partial charge on any atom is 0.223 e. The second-order valence-electron chi connectivity index (χ2n) is 3.64. The molecule has 90 valence electrons. The molecule has 0 spiro atoms. The number of carbonyl (C=O) groups is 1. The van der Waals surface area contributed by atoms with Crippen molar-refractivity contribution in [2.75, 3.05) is 7.05 Å². The van der Waals surface area contributed by atoms with E-state index < -0.39 is 5.82 Å². The van der Waals surface area contributed by atoms with Gasteiger partial charge in [-0.2, -0.15) is 5.26 Å². The zero-order valence-electron chi connectivity index (χ0n) is 9.41. The zero-order chi connectivity index (χ0) is 12.8. The van der Waals surface area contributed by atoms with Crippen LogP contribution in [0.15, 0.2) is 18.2 Å². The summed E-state index contributed by atoms with van der Waals surface area (Å²) < 4.78 is 13.4. The summed E-state index contributed by atoms with van der Waals surface area (Å²) in [6.07, 6.45) is 0.316. The molecule has 0 heterocycles. The third-order valence-corrected chi connectivity index (χ3v) is 2.53. The average Bonchev–Trinajstić information content (AvgIpc) is 2.30. The molecule has 0 radical (unpaired) electrons. The Hall–Kier alpha value is -1.60. The molecular weight excluding hydrogens is 243 g/mol. The summed E-state index contributed by atoms with van der Waals surface area (Å²) >= 11 is 5.75. The lowest BCUT2D eigenvalue weighted by molar-refractivity contribution is -0.130. The summed E-state index contributed by atoms with van der Waals surface area (Å²) in [5, 5.41) is 8.80. The average molecular weight is 255 g/mol. The van der Waals surface area contributed by atoms with E-state index in [9.17, 15) is 9.18 Å².